The van der Waals surface area contributed by atoms with Gasteiger partial charge in [-0.05, 0) is 87.9 Å². The standard InChI is InChI=1S/C37H58O9/c1-20(22(3)32(43)44)10-11-21(2)23-12-15-36(8)25-16-26(38)31-33(4,5)28(46-30(42)19-34(6,45)18-29(40)41)13-14-35(31,7)24(25)17-27(39)37(23,36)9/h21-23,26-28,31,38-39,45H,1,10-19H2,2-9H3,(H,40,41)(H,43,44). The molecule has 0 heterocycles. The van der Waals surface area contributed by atoms with Crippen molar-refractivity contribution in [3.63, 3.8) is 0 Å². The molecule has 4 rings (SSSR count). The van der Waals surface area contributed by atoms with Crippen LogP contribution in [0.15, 0.2) is 23.3 Å². The van der Waals surface area contributed by atoms with Crippen molar-refractivity contribution in [2.75, 3.05) is 0 Å². The summed E-state index contributed by atoms with van der Waals surface area (Å²) >= 11 is 0. The third-order valence-electron chi connectivity index (χ3n) is 13.7. The van der Waals surface area contributed by atoms with Crippen LogP contribution in [0.3, 0.4) is 0 Å². The van der Waals surface area contributed by atoms with Crippen molar-refractivity contribution >= 4 is 17.9 Å². The highest BCUT2D eigenvalue weighted by Gasteiger charge is 2.68. The number of aliphatic hydroxyl groups is 3. The number of esters is 1. The molecule has 5 N–H and O–H groups in total. The van der Waals surface area contributed by atoms with Gasteiger partial charge in [0.2, 0.25) is 0 Å². The molecule has 0 aromatic carbocycles. The number of hydrogen-bond donors (Lipinski definition) is 5. The Balaban J connectivity index is 1.59. The maximum Gasteiger partial charge on any atom is 0.310 e. The Morgan fingerprint density at radius 3 is 2.20 bits per heavy atom. The first kappa shape index (κ1) is 36.6. The third kappa shape index (κ3) is 5.98. The monoisotopic (exact) mass is 646 g/mol. The van der Waals surface area contributed by atoms with Gasteiger partial charge >= 0.3 is 17.9 Å². The van der Waals surface area contributed by atoms with E-state index in [2.05, 4.69) is 34.3 Å². The predicted molar refractivity (Wildman–Crippen MR) is 174 cm³/mol. The number of hydrogen-bond acceptors (Lipinski definition) is 7. The second kappa shape index (κ2) is 12.3. The summed E-state index contributed by atoms with van der Waals surface area (Å²) in [4.78, 5) is 35.5. The third-order valence-corrected chi connectivity index (χ3v) is 13.7. The largest absolute Gasteiger partial charge is 0.481 e. The minimum absolute atomic E-state index is 0.233. The Bertz CT molecular complexity index is 1280. The molecule has 2 fully saturated rings. The first-order valence-corrected chi connectivity index (χ1v) is 17.2. The van der Waals surface area contributed by atoms with E-state index in [-0.39, 0.29) is 23.2 Å². The van der Waals surface area contributed by atoms with Gasteiger partial charge in [-0.1, -0.05) is 64.8 Å². The highest BCUT2D eigenvalue weighted by atomic mass is 16.5. The molecule has 0 radical (unpaired) electrons. The lowest BCUT2D eigenvalue weighted by Crippen LogP contribution is -2.62. The summed E-state index contributed by atoms with van der Waals surface area (Å²) in [6.07, 6.45) is 2.81. The van der Waals surface area contributed by atoms with E-state index in [9.17, 15) is 34.8 Å². The van der Waals surface area contributed by atoms with E-state index >= 15 is 0 Å². The fraction of sp³-hybridized carbons (Fsp3) is 0.811. The second-order valence-corrected chi connectivity index (χ2v) is 16.9. The summed E-state index contributed by atoms with van der Waals surface area (Å²) in [6.45, 7) is 20.0. The molecule has 2 saturated carbocycles. The summed E-state index contributed by atoms with van der Waals surface area (Å²) < 4.78 is 5.93. The quantitative estimate of drug-likeness (QED) is 0.136. The van der Waals surface area contributed by atoms with Crippen LogP contribution in [-0.2, 0) is 19.1 Å². The first-order chi connectivity index (χ1) is 21.0. The van der Waals surface area contributed by atoms with Gasteiger partial charge in [-0.2, -0.15) is 0 Å². The van der Waals surface area contributed by atoms with Gasteiger partial charge in [-0.15, -0.1) is 0 Å². The smallest absolute Gasteiger partial charge is 0.310 e. The molecular formula is C37H58O9. The van der Waals surface area contributed by atoms with Crippen molar-refractivity contribution in [1.82, 2.24) is 0 Å². The highest BCUT2D eigenvalue weighted by Crippen LogP contribution is 2.72. The molecule has 9 nitrogen and oxygen atoms in total. The molecule has 260 valence electrons. The van der Waals surface area contributed by atoms with Crippen molar-refractivity contribution in [1.29, 1.82) is 0 Å². The van der Waals surface area contributed by atoms with Gasteiger partial charge in [0.05, 0.1) is 36.6 Å². The van der Waals surface area contributed by atoms with E-state index in [1.165, 1.54) is 18.1 Å². The SMILES string of the molecule is C=C(CCC(C)C1CCC2(C)C3=C(CC(O)C12C)C1(C)CCC(OC(=O)CC(C)(O)CC(=O)O)C(C)(C)C1C(O)C3)C(C)C(=O)O. The fourth-order valence-corrected chi connectivity index (χ4v) is 10.9. The van der Waals surface area contributed by atoms with Crippen molar-refractivity contribution in [3.05, 3.63) is 23.3 Å². The predicted octanol–water partition coefficient (Wildman–Crippen LogP) is 5.90. The summed E-state index contributed by atoms with van der Waals surface area (Å²) in [5.74, 6) is -3.02. The molecule has 9 heteroatoms. The molecule has 11 unspecified atom stereocenters. The van der Waals surface area contributed by atoms with E-state index in [0.717, 1.165) is 24.8 Å². The van der Waals surface area contributed by atoms with E-state index in [4.69, 9.17) is 9.84 Å². The number of fused-ring (bicyclic) bond motifs is 4. The number of carbonyl (C=O) groups excluding carboxylic acids is 1. The van der Waals surface area contributed by atoms with Crippen LogP contribution in [0.5, 0.6) is 0 Å². The highest BCUT2D eigenvalue weighted by molar-refractivity contribution is 5.74. The number of aliphatic carboxylic acids is 2. The van der Waals surface area contributed by atoms with E-state index < -0.39 is 76.8 Å². The number of aliphatic hydroxyl groups excluding tert-OH is 2. The maximum absolute atomic E-state index is 12.9. The average molecular weight is 647 g/mol. The first-order valence-electron chi connectivity index (χ1n) is 17.2. The lowest BCUT2D eigenvalue weighted by Gasteiger charge is -2.64. The van der Waals surface area contributed by atoms with Gasteiger partial charge in [-0.25, -0.2) is 0 Å². The van der Waals surface area contributed by atoms with Crippen LogP contribution in [0.25, 0.3) is 0 Å². The topological polar surface area (TPSA) is 162 Å². The summed E-state index contributed by atoms with van der Waals surface area (Å²) in [6, 6.07) is 0. The molecule has 0 saturated heterocycles. The van der Waals surface area contributed by atoms with Gasteiger partial charge in [0.15, 0.2) is 0 Å². The van der Waals surface area contributed by atoms with Crippen LogP contribution in [0.1, 0.15) is 120 Å². The lowest BCUT2D eigenvalue weighted by molar-refractivity contribution is -0.186. The number of ether oxygens (including phenoxy) is 1. The van der Waals surface area contributed by atoms with Gasteiger partial charge < -0.3 is 30.3 Å². The zero-order chi connectivity index (χ0) is 34.8. The molecule has 46 heavy (non-hydrogen) atoms. The minimum atomic E-state index is -1.72. The molecule has 0 amide bonds. The Morgan fingerprint density at radius 1 is 0.978 bits per heavy atom. The molecule has 0 aliphatic heterocycles. The van der Waals surface area contributed by atoms with Crippen molar-refractivity contribution in [2.45, 2.75) is 144 Å². The van der Waals surface area contributed by atoms with Gasteiger partial charge in [0, 0.05) is 16.7 Å². The summed E-state index contributed by atoms with van der Waals surface area (Å²) in [5.41, 5.74) is -0.200. The maximum atomic E-state index is 12.9. The molecule has 0 aromatic rings. The van der Waals surface area contributed by atoms with Crippen molar-refractivity contribution in [2.24, 2.45) is 45.3 Å². The zero-order valence-electron chi connectivity index (χ0n) is 29.2. The number of rotatable bonds is 11. The number of carboxylic acids is 2. The van der Waals surface area contributed by atoms with Crippen LogP contribution in [-0.4, -0.2) is 67.4 Å². The Hall–Kier alpha value is -2.23. The second-order valence-electron chi connectivity index (χ2n) is 16.9. The average Bonchev–Trinajstić information content (AvgIpc) is 3.20. The Labute approximate surface area is 274 Å². The minimum Gasteiger partial charge on any atom is -0.481 e. The lowest BCUT2D eigenvalue weighted by atomic mass is 9.42. The molecule has 0 bridgehead atoms. The molecule has 4 aliphatic carbocycles. The fourth-order valence-electron chi connectivity index (χ4n) is 10.9. The van der Waals surface area contributed by atoms with Gasteiger partial charge in [-0.3, -0.25) is 14.4 Å². The summed E-state index contributed by atoms with van der Waals surface area (Å²) in [7, 11) is 0. The van der Waals surface area contributed by atoms with Crippen LogP contribution >= 0.6 is 0 Å². The Morgan fingerprint density at radius 2 is 1.61 bits per heavy atom. The van der Waals surface area contributed by atoms with Gasteiger partial charge in [0.25, 0.3) is 0 Å². The molecule has 0 aromatic heterocycles. The number of carbonyl (C=O) groups is 3. The van der Waals surface area contributed by atoms with E-state index in [0.29, 0.717) is 32.1 Å². The van der Waals surface area contributed by atoms with E-state index in [1.807, 2.05) is 13.8 Å². The van der Waals surface area contributed by atoms with Crippen LogP contribution in [0.4, 0.5) is 0 Å². The normalized spacial score (nSPS) is 39.2. The van der Waals surface area contributed by atoms with Crippen molar-refractivity contribution in [3.8, 4) is 0 Å². The molecule has 0 spiro atoms. The van der Waals surface area contributed by atoms with Crippen LogP contribution in [0.2, 0.25) is 0 Å². The number of carboxylic acid groups (broad SMARTS) is 2. The molecule has 11 atom stereocenters. The Kier molecular flexibility index (Phi) is 9.82. The summed E-state index contributed by atoms with van der Waals surface area (Å²) in [5, 5.41) is 53.0. The van der Waals surface area contributed by atoms with Gasteiger partial charge in [0.1, 0.15) is 6.10 Å². The van der Waals surface area contributed by atoms with E-state index in [1.54, 1.807) is 6.92 Å². The van der Waals surface area contributed by atoms with Crippen LogP contribution in [0, 0.1) is 45.3 Å². The zero-order valence-corrected chi connectivity index (χ0v) is 29.2. The molecule has 4 aliphatic rings. The molecular weight excluding hydrogens is 588 g/mol. The van der Waals surface area contributed by atoms with Crippen molar-refractivity contribution < 1.29 is 44.7 Å². The van der Waals surface area contributed by atoms with Crippen LogP contribution < -0.4 is 0 Å².